The molecule has 0 spiro atoms. The van der Waals surface area contributed by atoms with Crippen LogP contribution >= 0.6 is 0 Å². The number of hydrogen-bond donors (Lipinski definition) is 2. The van der Waals surface area contributed by atoms with Crippen LogP contribution < -0.4 is 10.2 Å². The number of aryl methyl sites for hydroxylation is 1. The number of piperidine rings is 1. The zero-order valence-electron chi connectivity index (χ0n) is 13.3. The first-order valence-electron chi connectivity index (χ1n) is 8.03. The fourth-order valence-electron chi connectivity index (χ4n) is 2.94. The molecule has 3 rings (SSSR count). The molecular weight excluding hydrogens is 288 g/mol. The SMILES string of the molecule is Cc1cccc(C(=O)Nc2ccccc2N2CCC(O)CC2)c1. The van der Waals surface area contributed by atoms with Crippen LogP contribution in [0, 0.1) is 6.92 Å². The van der Waals surface area contributed by atoms with E-state index < -0.39 is 0 Å². The predicted molar refractivity (Wildman–Crippen MR) is 93.0 cm³/mol. The van der Waals surface area contributed by atoms with Crippen molar-refractivity contribution in [3.8, 4) is 0 Å². The fraction of sp³-hybridized carbons (Fsp3) is 0.316. The van der Waals surface area contributed by atoms with Crippen LogP contribution in [0.1, 0.15) is 28.8 Å². The fourth-order valence-corrected chi connectivity index (χ4v) is 2.94. The maximum absolute atomic E-state index is 12.5. The lowest BCUT2D eigenvalue weighted by Gasteiger charge is -2.32. The van der Waals surface area contributed by atoms with Gasteiger partial charge in [0.25, 0.3) is 5.91 Å². The Morgan fingerprint density at radius 2 is 1.87 bits per heavy atom. The Hall–Kier alpha value is -2.33. The highest BCUT2D eigenvalue weighted by molar-refractivity contribution is 6.06. The molecule has 1 fully saturated rings. The average Bonchev–Trinajstić information content (AvgIpc) is 2.56. The van der Waals surface area contributed by atoms with Gasteiger partial charge in [0.1, 0.15) is 0 Å². The smallest absolute Gasteiger partial charge is 0.255 e. The molecule has 4 heteroatoms. The Labute approximate surface area is 136 Å². The van der Waals surface area contributed by atoms with E-state index in [1.165, 1.54) is 0 Å². The average molecular weight is 310 g/mol. The minimum absolute atomic E-state index is 0.0989. The second kappa shape index (κ2) is 6.84. The van der Waals surface area contributed by atoms with Gasteiger partial charge in [-0.25, -0.2) is 0 Å². The van der Waals surface area contributed by atoms with Crippen molar-refractivity contribution in [1.29, 1.82) is 0 Å². The van der Waals surface area contributed by atoms with Gasteiger partial charge in [0.2, 0.25) is 0 Å². The zero-order chi connectivity index (χ0) is 16.2. The molecule has 0 bridgehead atoms. The number of benzene rings is 2. The van der Waals surface area contributed by atoms with Crippen LogP contribution in [-0.4, -0.2) is 30.2 Å². The number of amides is 1. The van der Waals surface area contributed by atoms with Crippen molar-refractivity contribution >= 4 is 17.3 Å². The maximum Gasteiger partial charge on any atom is 0.255 e. The van der Waals surface area contributed by atoms with Crippen LogP contribution in [0.3, 0.4) is 0 Å². The summed E-state index contributed by atoms with van der Waals surface area (Å²) in [5.41, 5.74) is 3.56. The van der Waals surface area contributed by atoms with E-state index in [1.807, 2.05) is 55.5 Å². The van der Waals surface area contributed by atoms with Gasteiger partial charge in [0.15, 0.2) is 0 Å². The molecule has 1 aliphatic heterocycles. The Morgan fingerprint density at radius 1 is 1.13 bits per heavy atom. The third kappa shape index (κ3) is 3.71. The zero-order valence-corrected chi connectivity index (χ0v) is 13.3. The number of aliphatic hydroxyl groups is 1. The van der Waals surface area contributed by atoms with Crippen molar-refractivity contribution in [2.24, 2.45) is 0 Å². The van der Waals surface area contributed by atoms with Gasteiger partial charge >= 0.3 is 0 Å². The summed E-state index contributed by atoms with van der Waals surface area (Å²) in [6.07, 6.45) is 1.32. The Kier molecular flexibility index (Phi) is 4.63. The number of anilines is 2. The van der Waals surface area contributed by atoms with E-state index in [1.54, 1.807) is 0 Å². The van der Waals surface area contributed by atoms with Gasteiger partial charge < -0.3 is 15.3 Å². The molecule has 4 nitrogen and oxygen atoms in total. The first-order valence-corrected chi connectivity index (χ1v) is 8.03. The molecule has 23 heavy (non-hydrogen) atoms. The van der Waals surface area contributed by atoms with Crippen molar-refractivity contribution in [3.05, 3.63) is 59.7 Å². The summed E-state index contributed by atoms with van der Waals surface area (Å²) in [6, 6.07) is 15.4. The van der Waals surface area contributed by atoms with Gasteiger partial charge in [-0.1, -0.05) is 29.8 Å². The van der Waals surface area contributed by atoms with Gasteiger partial charge in [-0.15, -0.1) is 0 Å². The van der Waals surface area contributed by atoms with Crippen LogP contribution in [0.15, 0.2) is 48.5 Å². The monoisotopic (exact) mass is 310 g/mol. The van der Waals surface area contributed by atoms with Crippen molar-refractivity contribution in [1.82, 2.24) is 0 Å². The minimum atomic E-state index is -0.208. The molecule has 0 aliphatic carbocycles. The van der Waals surface area contributed by atoms with Crippen LogP contribution in [0.5, 0.6) is 0 Å². The molecule has 0 atom stereocenters. The number of hydrogen-bond acceptors (Lipinski definition) is 3. The summed E-state index contributed by atoms with van der Waals surface area (Å²) in [7, 11) is 0. The molecule has 0 aromatic heterocycles. The highest BCUT2D eigenvalue weighted by atomic mass is 16.3. The van der Waals surface area contributed by atoms with Crippen LogP contribution in [0.2, 0.25) is 0 Å². The van der Waals surface area contributed by atoms with Crippen LogP contribution in [0.4, 0.5) is 11.4 Å². The summed E-state index contributed by atoms with van der Waals surface area (Å²) >= 11 is 0. The molecule has 2 N–H and O–H groups in total. The third-order valence-electron chi connectivity index (χ3n) is 4.24. The van der Waals surface area contributed by atoms with Crippen LogP contribution in [-0.2, 0) is 0 Å². The first-order chi connectivity index (χ1) is 11.1. The highest BCUT2D eigenvalue weighted by Crippen LogP contribution is 2.28. The summed E-state index contributed by atoms with van der Waals surface area (Å²) in [5.74, 6) is -0.0989. The lowest BCUT2D eigenvalue weighted by atomic mass is 10.1. The second-order valence-corrected chi connectivity index (χ2v) is 6.06. The van der Waals surface area contributed by atoms with E-state index >= 15 is 0 Å². The van der Waals surface area contributed by atoms with E-state index in [0.717, 1.165) is 42.9 Å². The lowest BCUT2D eigenvalue weighted by Crippen LogP contribution is -2.36. The van der Waals surface area contributed by atoms with E-state index in [2.05, 4.69) is 10.2 Å². The Bertz CT molecular complexity index is 691. The van der Waals surface area contributed by atoms with Crippen molar-refractivity contribution in [3.63, 3.8) is 0 Å². The molecule has 120 valence electrons. The van der Waals surface area contributed by atoms with Crippen LogP contribution in [0.25, 0.3) is 0 Å². The molecule has 0 unspecified atom stereocenters. The summed E-state index contributed by atoms with van der Waals surface area (Å²) < 4.78 is 0. The molecule has 1 aliphatic rings. The molecule has 1 heterocycles. The molecule has 0 radical (unpaired) electrons. The van der Waals surface area contributed by atoms with Gasteiger partial charge in [-0.3, -0.25) is 4.79 Å². The normalized spacial score (nSPS) is 15.5. The number of nitrogens with zero attached hydrogens (tertiary/aromatic N) is 1. The van der Waals surface area contributed by atoms with E-state index in [4.69, 9.17) is 0 Å². The van der Waals surface area contributed by atoms with Gasteiger partial charge in [-0.2, -0.15) is 0 Å². The van der Waals surface area contributed by atoms with E-state index in [-0.39, 0.29) is 12.0 Å². The predicted octanol–water partition coefficient (Wildman–Crippen LogP) is 3.21. The number of rotatable bonds is 3. The maximum atomic E-state index is 12.5. The van der Waals surface area contributed by atoms with E-state index in [0.29, 0.717) is 5.56 Å². The first kappa shape index (κ1) is 15.6. The topological polar surface area (TPSA) is 52.6 Å². The number of nitrogens with one attached hydrogen (secondary N) is 1. The number of aliphatic hydroxyl groups excluding tert-OH is 1. The molecule has 1 saturated heterocycles. The molecule has 2 aromatic rings. The number of carbonyl (C=O) groups is 1. The van der Waals surface area contributed by atoms with Crippen molar-refractivity contribution in [2.75, 3.05) is 23.3 Å². The van der Waals surface area contributed by atoms with Gasteiger partial charge in [-0.05, 0) is 44.0 Å². The Morgan fingerprint density at radius 3 is 2.61 bits per heavy atom. The standard InChI is InChI=1S/C19H22N2O2/c1-14-5-4-6-15(13-14)19(23)20-17-7-2-3-8-18(17)21-11-9-16(22)10-12-21/h2-8,13,16,22H,9-12H2,1H3,(H,20,23). The lowest BCUT2D eigenvalue weighted by molar-refractivity contribution is 0.102. The quantitative estimate of drug-likeness (QED) is 0.915. The van der Waals surface area contributed by atoms with Crippen molar-refractivity contribution < 1.29 is 9.90 Å². The minimum Gasteiger partial charge on any atom is -0.393 e. The molecule has 2 aromatic carbocycles. The summed E-state index contributed by atoms with van der Waals surface area (Å²) in [5, 5.41) is 12.7. The largest absolute Gasteiger partial charge is 0.393 e. The third-order valence-corrected chi connectivity index (χ3v) is 4.24. The number of carbonyl (C=O) groups excluding carboxylic acids is 1. The van der Waals surface area contributed by atoms with Crippen molar-refractivity contribution in [2.45, 2.75) is 25.9 Å². The summed E-state index contributed by atoms with van der Waals surface area (Å²) in [4.78, 5) is 14.7. The van der Waals surface area contributed by atoms with Gasteiger partial charge in [0.05, 0.1) is 17.5 Å². The van der Waals surface area contributed by atoms with Gasteiger partial charge in [0, 0.05) is 18.7 Å². The molecular formula is C19H22N2O2. The Balaban J connectivity index is 1.79. The molecule has 1 amide bonds. The van der Waals surface area contributed by atoms with E-state index in [9.17, 15) is 9.90 Å². The number of para-hydroxylation sites is 2. The molecule has 0 saturated carbocycles. The second-order valence-electron chi connectivity index (χ2n) is 6.06. The highest BCUT2D eigenvalue weighted by Gasteiger charge is 2.20. The summed E-state index contributed by atoms with van der Waals surface area (Å²) in [6.45, 7) is 3.58.